The Labute approximate surface area is 168 Å². The minimum Gasteiger partial charge on any atom is -0.465 e. The second-order valence-electron chi connectivity index (χ2n) is 6.34. The van der Waals surface area contributed by atoms with E-state index in [0.717, 1.165) is 5.56 Å². The number of nitrogens with zero attached hydrogens (tertiary/aromatic N) is 2. The van der Waals surface area contributed by atoms with Crippen LogP contribution in [0.5, 0.6) is 0 Å². The highest BCUT2D eigenvalue weighted by molar-refractivity contribution is 6.33. The van der Waals surface area contributed by atoms with E-state index in [-0.39, 0.29) is 0 Å². The number of rotatable bonds is 6. The number of methoxy groups -OCH3 is 1. The summed E-state index contributed by atoms with van der Waals surface area (Å²) in [5.74, 6) is 1.44. The van der Waals surface area contributed by atoms with E-state index in [2.05, 4.69) is 51.8 Å². The molecule has 7 heteroatoms. The quantitative estimate of drug-likeness (QED) is 0.578. The van der Waals surface area contributed by atoms with E-state index in [4.69, 9.17) is 16.3 Å². The molecule has 2 aromatic carbocycles. The van der Waals surface area contributed by atoms with Crippen molar-refractivity contribution in [2.24, 2.45) is 0 Å². The first-order valence-electron chi connectivity index (χ1n) is 8.74. The molecule has 144 valence electrons. The molecule has 0 atom stereocenters. The zero-order valence-electron chi connectivity index (χ0n) is 15.9. The number of carbonyl (C=O) groups excluding carboxylic acids is 1. The summed E-state index contributed by atoms with van der Waals surface area (Å²) in [6.45, 7) is 4.52. The molecule has 6 nitrogen and oxygen atoms in total. The number of anilines is 3. The van der Waals surface area contributed by atoms with Crippen LogP contribution in [-0.4, -0.2) is 23.0 Å². The Morgan fingerprint density at radius 2 is 1.75 bits per heavy atom. The standard InChI is InChI=1S/C21H21ClN4O2/c1-13-4-6-15(7-5-13)12-23-19-11-20(25-14(2)24-19)26-18-10-16(21(27)28-3)8-9-17(18)22/h4-11H,12H2,1-3H3,(H2,23,24,25,26). The van der Waals surface area contributed by atoms with Crippen LogP contribution in [0.3, 0.4) is 0 Å². The van der Waals surface area contributed by atoms with Gasteiger partial charge in [-0.05, 0) is 37.6 Å². The lowest BCUT2D eigenvalue weighted by molar-refractivity contribution is 0.0601. The summed E-state index contributed by atoms with van der Waals surface area (Å²) in [6, 6.07) is 15.0. The highest BCUT2D eigenvalue weighted by Gasteiger charge is 2.10. The number of nitrogens with one attached hydrogen (secondary N) is 2. The van der Waals surface area contributed by atoms with Gasteiger partial charge in [-0.2, -0.15) is 0 Å². The van der Waals surface area contributed by atoms with Gasteiger partial charge in [-0.1, -0.05) is 41.4 Å². The van der Waals surface area contributed by atoms with E-state index >= 15 is 0 Å². The first-order chi connectivity index (χ1) is 13.4. The molecule has 0 fully saturated rings. The van der Waals surface area contributed by atoms with Gasteiger partial charge in [-0.3, -0.25) is 0 Å². The molecule has 28 heavy (non-hydrogen) atoms. The summed E-state index contributed by atoms with van der Waals surface area (Å²) in [7, 11) is 1.34. The minimum atomic E-state index is -0.431. The predicted octanol–water partition coefficient (Wildman–Crippen LogP) is 4.89. The summed E-state index contributed by atoms with van der Waals surface area (Å²) in [5, 5.41) is 6.92. The normalized spacial score (nSPS) is 10.4. The number of aromatic nitrogens is 2. The number of esters is 1. The number of ether oxygens (including phenoxy) is 1. The fourth-order valence-electron chi connectivity index (χ4n) is 2.62. The van der Waals surface area contributed by atoms with Crippen LogP contribution in [0.1, 0.15) is 27.3 Å². The van der Waals surface area contributed by atoms with Crippen molar-refractivity contribution in [3.8, 4) is 0 Å². The molecular formula is C21H21ClN4O2. The van der Waals surface area contributed by atoms with Crippen molar-refractivity contribution in [2.45, 2.75) is 20.4 Å². The summed E-state index contributed by atoms with van der Waals surface area (Å²) in [6.07, 6.45) is 0. The minimum absolute atomic E-state index is 0.401. The van der Waals surface area contributed by atoms with Gasteiger partial charge in [0, 0.05) is 12.6 Å². The van der Waals surface area contributed by atoms with Crippen LogP contribution in [0.4, 0.5) is 17.3 Å². The molecule has 0 amide bonds. The van der Waals surface area contributed by atoms with Crippen LogP contribution in [0, 0.1) is 13.8 Å². The van der Waals surface area contributed by atoms with Gasteiger partial charge in [0.25, 0.3) is 0 Å². The van der Waals surface area contributed by atoms with Gasteiger partial charge in [0.2, 0.25) is 0 Å². The Morgan fingerprint density at radius 1 is 1.04 bits per heavy atom. The third-order valence-corrected chi connectivity index (χ3v) is 4.41. The second-order valence-corrected chi connectivity index (χ2v) is 6.74. The topological polar surface area (TPSA) is 76.1 Å². The fraction of sp³-hybridized carbons (Fsp3) is 0.190. The highest BCUT2D eigenvalue weighted by atomic mass is 35.5. The molecule has 0 spiro atoms. The van der Waals surface area contributed by atoms with Gasteiger partial charge < -0.3 is 15.4 Å². The highest BCUT2D eigenvalue weighted by Crippen LogP contribution is 2.27. The van der Waals surface area contributed by atoms with Crippen molar-refractivity contribution in [1.82, 2.24) is 9.97 Å². The lowest BCUT2D eigenvalue weighted by Crippen LogP contribution is -2.06. The Bertz CT molecular complexity index is 990. The van der Waals surface area contributed by atoms with Crippen molar-refractivity contribution in [1.29, 1.82) is 0 Å². The van der Waals surface area contributed by atoms with E-state index in [0.29, 0.717) is 40.3 Å². The molecular weight excluding hydrogens is 376 g/mol. The Hall–Kier alpha value is -3.12. The summed E-state index contributed by atoms with van der Waals surface area (Å²) < 4.78 is 4.76. The lowest BCUT2D eigenvalue weighted by Gasteiger charge is -2.12. The monoisotopic (exact) mass is 396 g/mol. The average molecular weight is 397 g/mol. The van der Waals surface area contributed by atoms with Crippen LogP contribution in [0.25, 0.3) is 0 Å². The molecule has 0 bridgehead atoms. The Kier molecular flexibility index (Phi) is 6.11. The SMILES string of the molecule is COC(=O)c1ccc(Cl)c(Nc2cc(NCc3ccc(C)cc3)nc(C)n2)c1. The van der Waals surface area contributed by atoms with Gasteiger partial charge in [-0.15, -0.1) is 0 Å². The van der Waals surface area contributed by atoms with Gasteiger partial charge in [0.15, 0.2) is 0 Å². The molecule has 0 aliphatic heterocycles. The van der Waals surface area contributed by atoms with Crippen molar-refractivity contribution in [3.63, 3.8) is 0 Å². The van der Waals surface area contributed by atoms with Crippen LogP contribution < -0.4 is 10.6 Å². The number of halogens is 1. The van der Waals surface area contributed by atoms with Crippen molar-refractivity contribution in [3.05, 3.63) is 76.1 Å². The number of aryl methyl sites for hydroxylation is 2. The summed E-state index contributed by atoms with van der Waals surface area (Å²) in [5.41, 5.74) is 3.34. The van der Waals surface area contributed by atoms with Crippen LogP contribution in [0.2, 0.25) is 5.02 Å². The molecule has 0 radical (unpaired) electrons. The molecule has 0 unspecified atom stereocenters. The number of hydrogen-bond acceptors (Lipinski definition) is 6. The summed E-state index contributed by atoms with van der Waals surface area (Å²) in [4.78, 5) is 20.6. The molecule has 3 rings (SSSR count). The van der Waals surface area contributed by atoms with Gasteiger partial charge in [0.05, 0.1) is 23.4 Å². The first kappa shape index (κ1) is 19.6. The van der Waals surface area contributed by atoms with Crippen LogP contribution in [0.15, 0.2) is 48.5 Å². The predicted molar refractivity (Wildman–Crippen MR) is 111 cm³/mol. The molecule has 3 aromatic rings. The molecule has 2 N–H and O–H groups in total. The van der Waals surface area contributed by atoms with Crippen LogP contribution >= 0.6 is 11.6 Å². The van der Waals surface area contributed by atoms with Gasteiger partial charge >= 0.3 is 5.97 Å². The Balaban J connectivity index is 1.78. The van der Waals surface area contributed by atoms with Gasteiger partial charge in [-0.25, -0.2) is 14.8 Å². The van der Waals surface area contributed by atoms with E-state index in [1.54, 1.807) is 24.3 Å². The van der Waals surface area contributed by atoms with Crippen molar-refractivity contribution < 1.29 is 9.53 Å². The first-order valence-corrected chi connectivity index (χ1v) is 9.12. The van der Waals surface area contributed by atoms with Crippen molar-refractivity contribution in [2.75, 3.05) is 17.7 Å². The molecule has 0 aliphatic carbocycles. The maximum absolute atomic E-state index is 11.7. The molecule has 1 aromatic heterocycles. The Morgan fingerprint density at radius 3 is 2.46 bits per heavy atom. The van der Waals surface area contributed by atoms with Crippen molar-refractivity contribution >= 4 is 34.9 Å². The third-order valence-electron chi connectivity index (χ3n) is 4.08. The maximum Gasteiger partial charge on any atom is 0.337 e. The van der Waals surface area contributed by atoms with E-state index < -0.39 is 5.97 Å². The zero-order valence-corrected chi connectivity index (χ0v) is 16.7. The molecule has 0 aliphatic rings. The van der Waals surface area contributed by atoms with Gasteiger partial charge in [0.1, 0.15) is 17.5 Å². The fourth-order valence-corrected chi connectivity index (χ4v) is 2.79. The number of carbonyl (C=O) groups is 1. The average Bonchev–Trinajstić information content (AvgIpc) is 2.68. The lowest BCUT2D eigenvalue weighted by atomic mass is 10.1. The maximum atomic E-state index is 11.7. The molecule has 1 heterocycles. The third kappa shape index (κ3) is 4.98. The molecule has 0 saturated carbocycles. The second kappa shape index (κ2) is 8.71. The van der Waals surface area contributed by atoms with E-state index in [1.807, 2.05) is 6.92 Å². The smallest absolute Gasteiger partial charge is 0.337 e. The number of hydrogen-bond donors (Lipinski definition) is 2. The largest absolute Gasteiger partial charge is 0.465 e. The van der Waals surface area contributed by atoms with Crippen LogP contribution in [-0.2, 0) is 11.3 Å². The van der Waals surface area contributed by atoms with E-state index in [9.17, 15) is 4.79 Å². The number of benzene rings is 2. The summed E-state index contributed by atoms with van der Waals surface area (Å²) >= 11 is 6.25. The zero-order chi connectivity index (χ0) is 20.1. The molecule has 0 saturated heterocycles. The van der Waals surface area contributed by atoms with E-state index in [1.165, 1.54) is 12.7 Å².